The summed E-state index contributed by atoms with van der Waals surface area (Å²) < 4.78 is 0. The molecule has 0 saturated heterocycles. The summed E-state index contributed by atoms with van der Waals surface area (Å²) in [4.78, 5) is 0.564. The molecule has 1 fully saturated rings. The van der Waals surface area contributed by atoms with Gasteiger partial charge in [-0.3, -0.25) is 0 Å². The van der Waals surface area contributed by atoms with E-state index >= 15 is 0 Å². The van der Waals surface area contributed by atoms with Gasteiger partial charge in [-0.1, -0.05) is 41.6 Å². The third-order valence-electron chi connectivity index (χ3n) is 2.10. The van der Waals surface area contributed by atoms with Crippen molar-refractivity contribution in [1.82, 2.24) is 0 Å². The molecule has 1 saturated carbocycles. The zero-order valence-corrected chi connectivity index (χ0v) is 8.50. The van der Waals surface area contributed by atoms with E-state index in [4.69, 9.17) is 11.6 Å². The van der Waals surface area contributed by atoms with Crippen molar-refractivity contribution in [3.8, 4) is 0 Å². The van der Waals surface area contributed by atoms with Crippen LogP contribution in [0.15, 0.2) is 0 Å². The van der Waals surface area contributed by atoms with Gasteiger partial charge in [0.05, 0.1) is 0 Å². The summed E-state index contributed by atoms with van der Waals surface area (Å²) in [7, 11) is 0. The molecule has 1 rings (SSSR count). The molecule has 0 aliphatic heterocycles. The van der Waals surface area contributed by atoms with E-state index in [-0.39, 0.29) is 0 Å². The maximum Gasteiger partial charge on any atom is 0.0461 e. The molecule has 0 unspecified atom stereocenters. The quantitative estimate of drug-likeness (QED) is 0.551. The lowest BCUT2D eigenvalue weighted by atomic mass is 10.0. The summed E-state index contributed by atoms with van der Waals surface area (Å²) >= 11 is 9.70. The summed E-state index contributed by atoms with van der Waals surface area (Å²) in [5.41, 5.74) is 0. The van der Waals surface area contributed by atoms with Crippen molar-refractivity contribution < 1.29 is 0 Å². The van der Waals surface area contributed by atoms with E-state index in [1.807, 2.05) is 0 Å². The number of rotatable bonds is 0. The van der Waals surface area contributed by atoms with Crippen molar-refractivity contribution >= 4 is 27.5 Å². The number of hydrogen-bond acceptors (Lipinski definition) is 0. The number of hydrogen-bond donors (Lipinski definition) is 0. The lowest BCUT2D eigenvalue weighted by molar-refractivity contribution is 0.521. The normalized spacial score (nSPS) is 36.6. The van der Waals surface area contributed by atoms with E-state index in [0.717, 1.165) is 0 Å². The van der Waals surface area contributed by atoms with Gasteiger partial charge in [-0.25, -0.2) is 0 Å². The molecule has 0 nitrogen and oxygen atoms in total. The average molecular weight is 226 g/mol. The molecule has 60 valence electrons. The van der Waals surface area contributed by atoms with Crippen molar-refractivity contribution in [2.24, 2.45) is 0 Å². The van der Waals surface area contributed by atoms with Crippen molar-refractivity contribution in [3.05, 3.63) is 0 Å². The van der Waals surface area contributed by atoms with Gasteiger partial charge in [0.2, 0.25) is 0 Å². The molecule has 2 heteroatoms. The van der Waals surface area contributed by atoms with E-state index in [1.165, 1.54) is 38.5 Å². The second-order valence-electron chi connectivity index (χ2n) is 3.02. The number of alkyl halides is 2. The van der Waals surface area contributed by atoms with Gasteiger partial charge in [0.25, 0.3) is 0 Å². The van der Waals surface area contributed by atoms with Crippen LogP contribution in [-0.2, 0) is 0 Å². The van der Waals surface area contributed by atoms with E-state index in [0.29, 0.717) is 10.2 Å². The lowest BCUT2D eigenvalue weighted by Gasteiger charge is -2.18. The van der Waals surface area contributed by atoms with E-state index in [1.54, 1.807) is 0 Å². The van der Waals surface area contributed by atoms with Crippen LogP contribution in [0.25, 0.3) is 0 Å². The average Bonchev–Trinajstić information content (AvgIpc) is 1.92. The van der Waals surface area contributed by atoms with Gasteiger partial charge < -0.3 is 0 Å². The van der Waals surface area contributed by atoms with Crippen LogP contribution in [0.4, 0.5) is 0 Å². The SMILES string of the molecule is Cl[C@@H]1CCCCCC[C@H]1Br. The Morgan fingerprint density at radius 2 is 1.60 bits per heavy atom. The minimum absolute atomic E-state index is 0.375. The van der Waals surface area contributed by atoms with Crippen LogP contribution in [0.5, 0.6) is 0 Å². The van der Waals surface area contributed by atoms with Crippen LogP contribution >= 0.6 is 27.5 Å². The first kappa shape index (κ1) is 8.86. The molecule has 0 aromatic heterocycles. The first-order chi connectivity index (χ1) is 4.80. The van der Waals surface area contributed by atoms with Gasteiger partial charge in [-0.15, -0.1) is 11.6 Å². The third-order valence-corrected chi connectivity index (χ3v) is 4.03. The molecule has 0 aromatic rings. The third kappa shape index (κ3) is 2.79. The van der Waals surface area contributed by atoms with Crippen LogP contribution in [0, 0.1) is 0 Å². The molecule has 0 spiro atoms. The van der Waals surface area contributed by atoms with Gasteiger partial charge in [0.15, 0.2) is 0 Å². The van der Waals surface area contributed by atoms with Gasteiger partial charge in [0.1, 0.15) is 0 Å². The maximum atomic E-state index is 6.10. The topological polar surface area (TPSA) is 0 Å². The second-order valence-corrected chi connectivity index (χ2v) is 4.76. The zero-order valence-electron chi connectivity index (χ0n) is 6.15. The van der Waals surface area contributed by atoms with Gasteiger partial charge in [0, 0.05) is 10.2 Å². The van der Waals surface area contributed by atoms with Crippen LogP contribution < -0.4 is 0 Å². The summed E-state index contributed by atoms with van der Waals surface area (Å²) in [6.07, 6.45) is 7.88. The molecule has 10 heavy (non-hydrogen) atoms. The Kier molecular flexibility index (Phi) is 4.08. The summed E-state index contributed by atoms with van der Waals surface area (Å²) in [6.45, 7) is 0. The Labute approximate surface area is 76.5 Å². The molecule has 0 bridgehead atoms. The smallest absolute Gasteiger partial charge is 0.0461 e. The fourth-order valence-electron chi connectivity index (χ4n) is 1.39. The Bertz CT molecular complexity index is 83.3. The Balaban J connectivity index is 2.28. The molecule has 2 atom stereocenters. The van der Waals surface area contributed by atoms with Crippen LogP contribution in [0.2, 0.25) is 0 Å². The molecule has 0 heterocycles. The first-order valence-electron chi connectivity index (χ1n) is 4.09. The Morgan fingerprint density at radius 3 is 2.30 bits per heavy atom. The summed E-state index contributed by atoms with van der Waals surface area (Å²) in [5, 5.41) is 0.375. The monoisotopic (exact) mass is 224 g/mol. The fraction of sp³-hybridized carbons (Fsp3) is 1.00. The molecular weight excluding hydrogens is 211 g/mol. The van der Waals surface area contributed by atoms with Gasteiger partial charge >= 0.3 is 0 Å². The molecular formula is C8H14BrCl. The van der Waals surface area contributed by atoms with Crippen molar-refractivity contribution in [2.75, 3.05) is 0 Å². The summed E-state index contributed by atoms with van der Waals surface area (Å²) in [6, 6.07) is 0. The molecule has 0 radical (unpaired) electrons. The van der Waals surface area contributed by atoms with Crippen LogP contribution in [-0.4, -0.2) is 10.2 Å². The Hall–Kier alpha value is 0.770. The van der Waals surface area contributed by atoms with E-state index in [9.17, 15) is 0 Å². The highest BCUT2D eigenvalue weighted by atomic mass is 79.9. The molecule has 0 N–H and O–H groups in total. The largest absolute Gasteiger partial charge is 0.122 e. The second kappa shape index (κ2) is 4.61. The molecule has 0 aromatic carbocycles. The van der Waals surface area contributed by atoms with E-state index < -0.39 is 0 Å². The minimum Gasteiger partial charge on any atom is -0.122 e. The highest BCUT2D eigenvalue weighted by Gasteiger charge is 2.16. The van der Waals surface area contributed by atoms with Crippen LogP contribution in [0.1, 0.15) is 38.5 Å². The fourth-order valence-corrected chi connectivity index (χ4v) is 2.26. The van der Waals surface area contributed by atoms with E-state index in [2.05, 4.69) is 15.9 Å². The molecule has 1 aliphatic rings. The standard InChI is InChI=1S/C8H14BrCl/c9-7-5-3-1-2-4-6-8(7)10/h7-8H,1-6H2/t7-,8-/m1/s1. The predicted molar refractivity (Wildman–Crippen MR) is 50.1 cm³/mol. The number of halogens is 2. The first-order valence-corrected chi connectivity index (χ1v) is 5.44. The Morgan fingerprint density at radius 1 is 1.00 bits per heavy atom. The highest BCUT2D eigenvalue weighted by Crippen LogP contribution is 2.26. The lowest BCUT2D eigenvalue weighted by Crippen LogP contribution is -2.15. The molecule has 1 aliphatic carbocycles. The highest BCUT2D eigenvalue weighted by molar-refractivity contribution is 9.09. The zero-order chi connectivity index (χ0) is 7.40. The van der Waals surface area contributed by atoms with Crippen molar-refractivity contribution in [2.45, 2.75) is 48.7 Å². The van der Waals surface area contributed by atoms with Crippen LogP contribution in [0.3, 0.4) is 0 Å². The molecule has 0 amide bonds. The minimum atomic E-state index is 0.375. The van der Waals surface area contributed by atoms with Crippen molar-refractivity contribution in [3.63, 3.8) is 0 Å². The van der Waals surface area contributed by atoms with Crippen molar-refractivity contribution in [1.29, 1.82) is 0 Å². The summed E-state index contributed by atoms with van der Waals surface area (Å²) in [5.74, 6) is 0. The van der Waals surface area contributed by atoms with Gasteiger partial charge in [-0.05, 0) is 12.8 Å². The van der Waals surface area contributed by atoms with Gasteiger partial charge in [-0.2, -0.15) is 0 Å². The maximum absolute atomic E-state index is 6.10. The predicted octanol–water partition coefficient (Wildman–Crippen LogP) is 3.71.